The normalized spacial score (nSPS) is 17.2. The van der Waals surface area contributed by atoms with E-state index in [0.29, 0.717) is 0 Å². The molecule has 0 aromatic rings. The third-order valence-corrected chi connectivity index (χ3v) is 3.20. The van der Waals surface area contributed by atoms with Crippen LogP contribution in [-0.2, 0) is 14.9 Å². The molecular weight excluding hydrogens is 248 g/mol. The quantitative estimate of drug-likeness (QED) is 0.371. The number of nitrogens with one attached hydrogen (secondary N) is 3. The molecule has 1 rings (SSSR count). The molecule has 0 aromatic heterocycles. The van der Waals surface area contributed by atoms with Crippen molar-refractivity contribution >= 4 is 22.1 Å². The molecule has 1 fully saturated rings. The van der Waals surface area contributed by atoms with Crippen molar-refractivity contribution in [3.63, 3.8) is 0 Å². The summed E-state index contributed by atoms with van der Waals surface area (Å²) < 4.78 is 31.2. The topological polar surface area (TPSA) is 134 Å². The van der Waals surface area contributed by atoms with Gasteiger partial charge >= 0.3 is 16.3 Å². The predicted molar refractivity (Wildman–Crippen MR) is 60.6 cm³/mol. The highest BCUT2D eigenvalue weighted by Gasteiger charge is 2.36. The van der Waals surface area contributed by atoms with Crippen LogP contribution in [0.1, 0.15) is 19.8 Å². The minimum Gasteiger partial charge on any atom is -0.449 e. The van der Waals surface area contributed by atoms with Gasteiger partial charge in [0.2, 0.25) is 0 Å². The van der Waals surface area contributed by atoms with E-state index in [1.54, 1.807) is 11.6 Å². The fraction of sp³-hybridized carbons (Fsp3) is 0.750. The summed E-state index contributed by atoms with van der Waals surface area (Å²) in [5.41, 5.74) is 5.29. The Labute approximate surface area is 99.6 Å². The zero-order chi connectivity index (χ0) is 13.1. The molecule has 0 saturated heterocycles. The van der Waals surface area contributed by atoms with Gasteiger partial charge in [0.1, 0.15) is 5.84 Å². The van der Waals surface area contributed by atoms with Crippen LogP contribution in [0.4, 0.5) is 4.79 Å². The Kier molecular flexibility index (Phi) is 4.29. The lowest BCUT2D eigenvalue weighted by Gasteiger charge is -2.16. The zero-order valence-electron chi connectivity index (χ0n) is 9.39. The largest absolute Gasteiger partial charge is 0.449 e. The van der Waals surface area contributed by atoms with E-state index >= 15 is 0 Å². The van der Waals surface area contributed by atoms with Gasteiger partial charge in [-0.1, -0.05) is 0 Å². The van der Waals surface area contributed by atoms with Crippen molar-refractivity contribution in [3.05, 3.63) is 0 Å². The molecular formula is C8H16N4O4S. The summed E-state index contributed by atoms with van der Waals surface area (Å²) in [5.74, 6) is -0.229. The van der Waals surface area contributed by atoms with Gasteiger partial charge in [-0.25, -0.2) is 9.52 Å². The van der Waals surface area contributed by atoms with Crippen LogP contribution in [0.25, 0.3) is 0 Å². The standard InChI is InChI=1S/C8H16N4O4S/c1-2-16-8(13)12-17(14,15)11-6(7(9)10)5-3-4-5/h5-6,11H,2-4H2,1H3,(H3,9,10)(H,12,13). The first-order valence-electron chi connectivity index (χ1n) is 5.16. The van der Waals surface area contributed by atoms with E-state index in [4.69, 9.17) is 11.1 Å². The Morgan fingerprint density at radius 1 is 1.59 bits per heavy atom. The lowest BCUT2D eigenvalue weighted by molar-refractivity contribution is 0.158. The molecule has 1 aliphatic rings. The fourth-order valence-corrected chi connectivity index (χ4v) is 2.30. The molecule has 0 radical (unpaired) electrons. The average molecular weight is 264 g/mol. The van der Waals surface area contributed by atoms with Crippen LogP contribution < -0.4 is 15.2 Å². The fourth-order valence-electron chi connectivity index (χ4n) is 1.31. The number of carbonyl (C=O) groups excluding carboxylic acids is 1. The second-order valence-corrected chi connectivity index (χ2v) is 5.16. The van der Waals surface area contributed by atoms with E-state index in [1.807, 2.05) is 0 Å². The summed E-state index contributed by atoms with van der Waals surface area (Å²) in [7, 11) is -4.05. The van der Waals surface area contributed by atoms with E-state index in [2.05, 4.69) is 9.46 Å². The summed E-state index contributed by atoms with van der Waals surface area (Å²) in [6.07, 6.45) is 0.566. The Morgan fingerprint density at radius 2 is 2.18 bits per heavy atom. The maximum atomic E-state index is 11.5. The molecule has 1 atom stereocenters. The summed E-state index contributed by atoms with van der Waals surface area (Å²) in [5, 5.41) is 7.27. The van der Waals surface area contributed by atoms with Crippen molar-refractivity contribution in [1.29, 1.82) is 5.41 Å². The molecule has 98 valence electrons. The number of amidine groups is 1. The molecule has 9 heteroatoms. The first-order valence-corrected chi connectivity index (χ1v) is 6.64. The van der Waals surface area contributed by atoms with Gasteiger partial charge in [-0.2, -0.15) is 13.1 Å². The third-order valence-electron chi connectivity index (χ3n) is 2.20. The van der Waals surface area contributed by atoms with Gasteiger partial charge in [-0.3, -0.25) is 5.41 Å². The Hall–Kier alpha value is -1.35. The van der Waals surface area contributed by atoms with Crippen LogP contribution in [0.5, 0.6) is 0 Å². The van der Waals surface area contributed by atoms with Crippen molar-refractivity contribution in [1.82, 2.24) is 9.44 Å². The number of carbonyl (C=O) groups is 1. The highest BCUT2D eigenvalue weighted by Crippen LogP contribution is 2.32. The average Bonchev–Trinajstić information content (AvgIpc) is 2.96. The summed E-state index contributed by atoms with van der Waals surface area (Å²) in [4.78, 5) is 11.0. The molecule has 0 bridgehead atoms. The smallest absolute Gasteiger partial charge is 0.421 e. The minimum absolute atomic E-state index is 0.0336. The van der Waals surface area contributed by atoms with Crippen LogP contribution in [0.3, 0.4) is 0 Å². The highest BCUT2D eigenvalue weighted by atomic mass is 32.2. The number of ether oxygens (including phenoxy) is 1. The van der Waals surface area contributed by atoms with Crippen molar-refractivity contribution in [3.8, 4) is 0 Å². The molecule has 1 unspecified atom stereocenters. The van der Waals surface area contributed by atoms with Gasteiger partial charge in [-0.15, -0.1) is 0 Å². The van der Waals surface area contributed by atoms with Gasteiger partial charge in [0, 0.05) is 0 Å². The molecule has 17 heavy (non-hydrogen) atoms. The summed E-state index contributed by atoms with van der Waals surface area (Å²) in [6.45, 7) is 1.63. The summed E-state index contributed by atoms with van der Waals surface area (Å²) >= 11 is 0. The Morgan fingerprint density at radius 3 is 2.59 bits per heavy atom. The van der Waals surface area contributed by atoms with Crippen molar-refractivity contribution in [2.24, 2.45) is 11.7 Å². The zero-order valence-corrected chi connectivity index (χ0v) is 10.2. The van der Waals surface area contributed by atoms with E-state index < -0.39 is 22.3 Å². The lowest BCUT2D eigenvalue weighted by atomic mass is 10.2. The Balaban J connectivity index is 2.58. The summed E-state index contributed by atoms with van der Waals surface area (Å²) in [6, 6.07) is -0.762. The highest BCUT2D eigenvalue weighted by molar-refractivity contribution is 7.88. The van der Waals surface area contributed by atoms with Crippen LogP contribution in [0, 0.1) is 11.3 Å². The number of nitrogens with two attached hydrogens (primary N) is 1. The maximum Gasteiger partial charge on any atom is 0.421 e. The van der Waals surface area contributed by atoms with Crippen LogP contribution in [0.15, 0.2) is 0 Å². The van der Waals surface area contributed by atoms with Crippen LogP contribution >= 0.6 is 0 Å². The molecule has 1 aliphatic carbocycles. The molecule has 5 N–H and O–H groups in total. The SMILES string of the molecule is CCOC(=O)NS(=O)(=O)NC(C(=N)N)C1CC1. The van der Waals surface area contributed by atoms with Gasteiger partial charge in [0.05, 0.1) is 12.6 Å². The second kappa shape index (κ2) is 5.32. The first kappa shape index (κ1) is 13.7. The first-order chi connectivity index (χ1) is 7.85. The van der Waals surface area contributed by atoms with Gasteiger partial charge in [-0.05, 0) is 25.7 Å². The number of hydrogen-bond acceptors (Lipinski definition) is 5. The molecule has 0 aromatic carbocycles. The van der Waals surface area contributed by atoms with Crippen LogP contribution in [0.2, 0.25) is 0 Å². The third kappa shape index (κ3) is 4.57. The van der Waals surface area contributed by atoms with Gasteiger partial charge in [0.25, 0.3) is 0 Å². The number of hydrogen-bond donors (Lipinski definition) is 4. The molecule has 0 spiro atoms. The Bertz CT molecular complexity index is 404. The number of rotatable bonds is 6. The predicted octanol–water partition coefficient (Wildman–Crippen LogP) is -0.719. The van der Waals surface area contributed by atoms with E-state index in [9.17, 15) is 13.2 Å². The van der Waals surface area contributed by atoms with E-state index in [0.717, 1.165) is 12.8 Å². The molecule has 1 saturated carbocycles. The number of amides is 1. The van der Waals surface area contributed by atoms with Gasteiger partial charge < -0.3 is 10.5 Å². The van der Waals surface area contributed by atoms with Crippen molar-refractivity contribution < 1.29 is 17.9 Å². The van der Waals surface area contributed by atoms with Crippen LogP contribution in [-0.4, -0.2) is 33.0 Å². The van der Waals surface area contributed by atoms with Crippen molar-refractivity contribution in [2.45, 2.75) is 25.8 Å². The second-order valence-electron chi connectivity index (χ2n) is 3.71. The molecule has 0 heterocycles. The minimum atomic E-state index is -4.05. The molecule has 1 amide bonds. The molecule has 8 nitrogen and oxygen atoms in total. The molecule has 0 aliphatic heterocycles. The van der Waals surface area contributed by atoms with Gasteiger partial charge in [0.15, 0.2) is 0 Å². The monoisotopic (exact) mass is 264 g/mol. The van der Waals surface area contributed by atoms with Crippen molar-refractivity contribution in [2.75, 3.05) is 6.61 Å². The van der Waals surface area contributed by atoms with E-state index in [1.165, 1.54) is 0 Å². The van der Waals surface area contributed by atoms with E-state index in [-0.39, 0.29) is 18.4 Å². The lowest BCUT2D eigenvalue weighted by Crippen LogP contribution is -2.51. The maximum absolute atomic E-state index is 11.5.